The SMILES string of the molecule is COc1ccc(S(=O)(=O)CCC(=O)N(CC2CCCO2)c2nc3ccc(C)cc3s2)cc1. The average Bonchev–Trinajstić information content (AvgIpc) is 3.45. The van der Waals surface area contributed by atoms with E-state index in [0.717, 1.165) is 28.6 Å². The lowest BCUT2D eigenvalue weighted by Gasteiger charge is -2.23. The summed E-state index contributed by atoms with van der Waals surface area (Å²) in [5.74, 6) is 0.0340. The van der Waals surface area contributed by atoms with Gasteiger partial charge in [0.15, 0.2) is 15.0 Å². The minimum atomic E-state index is -3.60. The van der Waals surface area contributed by atoms with Gasteiger partial charge in [0, 0.05) is 13.0 Å². The standard InChI is InChI=1S/C23H26N2O5S2/c1-16-5-10-20-21(14-16)31-23(24-20)25(15-18-4-3-12-30-18)22(26)11-13-32(27,28)19-8-6-17(29-2)7-9-19/h5-10,14,18H,3-4,11-13,15H2,1-2H3. The van der Waals surface area contributed by atoms with E-state index in [-0.39, 0.29) is 29.1 Å². The maximum atomic E-state index is 13.2. The zero-order chi connectivity index (χ0) is 22.7. The molecule has 1 aliphatic heterocycles. The second-order valence-corrected chi connectivity index (χ2v) is 11.0. The predicted molar refractivity (Wildman–Crippen MR) is 125 cm³/mol. The van der Waals surface area contributed by atoms with Crippen LogP contribution in [-0.4, -0.2) is 51.4 Å². The number of methoxy groups -OCH3 is 1. The number of fused-ring (bicyclic) bond motifs is 1. The van der Waals surface area contributed by atoms with E-state index in [2.05, 4.69) is 4.98 Å². The highest BCUT2D eigenvalue weighted by Crippen LogP contribution is 2.31. The van der Waals surface area contributed by atoms with Crippen LogP contribution in [0.4, 0.5) is 5.13 Å². The normalized spacial score (nSPS) is 16.4. The van der Waals surface area contributed by atoms with Gasteiger partial charge in [-0.1, -0.05) is 17.4 Å². The van der Waals surface area contributed by atoms with Gasteiger partial charge in [-0.15, -0.1) is 0 Å². The molecule has 0 aliphatic carbocycles. The van der Waals surface area contributed by atoms with Crippen molar-refractivity contribution in [3.05, 3.63) is 48.0 Å². The Morgan fingerprint density at radius 2 is 2.03 bits per heavy atom. The van der Waals surface area contributed by atoms with E-state index in [4.69, 9.17) is 9.47 Å². The molecule has 1 unspecified atom stereocenters. The van der Waals surface area contributed by atoms with Crippen LogP contribution in [0.15, 0.2) is 47.4 Å². The number of anilines is 1. The van der Waals surface area contributed by atoms with Gasteiger partial charge in [-0.05, 0) is 61.7 Å². The monoisotopic (exact) mass is 474 g/mol. The molecule has 1 aromatic heterocycles. The fourth-order valence-corrected chi connectivity index (χ4v) is 5.99. The molecule has 1 saturated heterocycles. The third-order valence-electron chi connectivity index (χ3n) is 5.48. The van der Waals surface area contributed by atoms with Crippen molar-refractivity contribution in [1.82, 2.24) is 4.98 Å². The molecule has 1 amide bonds. The van der Waals surface area contributed by atoms with Crippen LogP contribution in [0.5, 0.6) is 5.75 Å². The van der Waals surface area contributed by atoms with Crippen molar-refractivity contribution < 1.29 is 22.7 Å². The van der Waals surface area contributed by atoms with Crippen LogP contribution in [0.3, 0.4) is 0 Å². The molecule has 2 aromatic carbocycles. The molecule has 0 bridgehead atoms. The number of carbonyl (C=O) groups excluding carboxylic acids is 1. The topological polar surface area (TPSA) is 85.8 Å². The van der Waals surface area contributed by atoms with Gasteiger partial charge >= 0.3 is 0 Å². The molecule has 170 valence electrons. The minimum absolute atomic E-state index is 0.0640. The molecule has 3 aromatic rings. The average molecular weight is 475 g/mol. The summed E-state index contributed by atoms with van der Waals surface area (Å²) in [5.41, 5.74) is 1.95. The number of aryl methyl sites for hydroxylation is 1. The first-order valence-corrected chi connectivity index (χ1v) is 13.0. The molecule has 4 rings (SSSR count). The van der Waals surface area contributed by atoms with Crippen molar-refractivity contribution in [3.63, 3.8) is 0 Å². The summed E-state index contributed by atoms with van der Waals surface area (Å²) in [6.07, 6.45) is 1.64. The van der Waals surface area contributed by atoms with Gasteiger partial charge in [0.05, 0.1) is 40.6 Å². The molecular weight excluding hydrogens is 448 g/mol. The van der Waals surface area contributed by atoms with Gasteiger partial charge in [0.1, 0.15) is 5.75 Å². The van der Waals surface area contributed by atoms with Crippen LogP contribution in [0.1, 0.15) is 24.8 Å². The summed E-state index contributed by atoms with van der Waals surface area (Å²) in [6, 6.07) is 12.2. The van der Waals surface area contributed by atoms with Gasteiger partial charge in [0.2, 0.25) is 5.91 Å². The van der Waals surface area contributed by atoms with Crippen LogP contribution in [-0.2, 0) is 19.4 Å². The first-order chi connectivity index (χ1) is 15.4. The maximum Gasteiger partial charge on any atom is 0.229 e. The highest BCUT2D eigenvalue weighted by atomic mass is 32.2. The maximum absolute atomic E-state index is 13.2. The second-order valence-electron chi connectivity index (χ2n) is 7.85. The Morgan fingerprint density at radius 1 is 1.25 bits per heavy atom. The van der Waals surface area contributed by atoms with E-state index in [9.17, 15) is 13.2 Å². The first kappa shape index (κ1) is 22.7. The molecule has 2 heterocycles. The van der Waals surface area contributed by atoms with Crippen molar-refractivity contribution in [3.8, 4) is 5.75 Å². The van der Waals surface area contributed by atoms with Gasteiger partial charge in [-0.3, -0.25) is 9.69 Å². The van der Waals surface area contributed by atoms with Crippen molar-refractivity contribution in [2.24, 2.45) is 0 Å². The van der Waals surface area contributed by atoms with Gasteiger partial charge < -0.3 is 9.47 Å². The Balaban J connectivity index is 1.53. The fraction of sp³-hybridized carbons (Fsp3) is 0.391. The predicted octanol–water partition coefficient (Wildman–Crippen LogP) is 3.99. The van der Waals surface area contributed by atoms with Crippen molar-refractivity contribution in [1.29, 1.82) is 0 Å². The van der Waals surface area contributed by atoms with Crippen LogP contribution in [0.2, 0.25) is 0 Å². The molecule has 0 saturated carbocycles. The Hall–Kier alpha value is -2.49. The summed E-state index contributed by atoms with van der Waals surface area (Å²) >= 11 is 1.44. The van der Waals surface area contributed by atoms with Crippen LogP contribution in [0, 0.1) is 6.92 Å². The zero-order valence-electron chi connectivity index (χ0n) is 18.1. The van der Waals surface area contributed by atoms with Gasteiger partial charge in [0.25, 0.3) is 0 Å². The highest BCUT2D eigenvalue weighted by molar-refractivity contribution is 7.91. The number of aromatic nitrogens is 1. The number of ether oxygens (including phenoxy) is 2. The molecule has 7 nitrogen and oxygen atoms in total. The van der Waals surface area contributed by atoms with E-state index < -0.39 is 9.84 Å². The minimum Gasteiger partial charge on any atom is -0.497 e. The number of thiazole rings is 1. The van der Waals surface area contributed by atoms with E-state index in [1.54, 1.807) is 17.0 Å². The van der Waals surface area contributed by atoms with E-state index in [1.165, 1.54) is 30.6 Å². The Bertz CT molecular complexity index is 1200. The quantitative estimate of drug-likeness (QED) is 0.491. The lowest BCUT2D eigenvalue weighted by molar-refractivity contribution is -0.118. The summed E-state index contributed by atoms with van der Waals surface area (Å²) < 4.78 is 37.4. The number of hydrogen-bond acceptors (Lipinski definition) is 7. The molecular formula is C23H26N2O5S2. The molecule has 1 fully saturated rings. The Kier molecular flexibility index (Phi) is 6.78. The Labute approximate surface area is 191 Å². The number of hydrogen-bond donors (Lipinski definition) is 0. The Morgan fingerprint density at radius 3 is 2.72 bits per heavy atom. The fourth-order valence-electron chi connectivity index (χ4n) is 3.67. The molecule has 0 N–H and O–H groups in total. The van der Waals surface area contributed by atoms with Crippen molar-refractivity contribution >= 4 is 42.4 Å². The van der Waals surface area contributed by atoms with Crippen LogP contribution >= 0.6 is 11.3 Å². The third-order valence-corrected chi connectivity index (χ3v) is 8.25. The highest BCUT2D eigenvalue weighted by Gasteiger charge is 2.27. The molecule has 32 heavy (non-hydrogen) atoms. The number of nitrogens with zero attached hydrogens (tertiary/aromatic N) is 2. The first-order valence-electron chi connectivity index (χ1n) is 10.5. The van der Waals surface area contributed by atoms with E-state index in [1.807, 2.05) is 25.1 Å². The van der Waals surface area contributed by atoms with Crippen molar-refractivity contribution in [2.45, 2.75) is 37.2 Å². The van der Waals surface area contributed by atoms with Crippen LogP contribution in [0.25, 0.3) is 10.2 Å². The van der Waals surface area contributed by atoms with E-state index >= 15 is 0 Å². The lowest BCUT2D eigenvalue weighted by Crippen LogP contribution is -2.38. The molecule has 9 heteroatoms. The lowest BCUT2D eigenvalue weighted by atomic mass is 10.2. The smallest absolute Gasteiger partial charge is 0.229 e. The molecule has 0 spiro atoms. The largest absolute Gasteiger partial charge is 0.497 e. The second kappa shape index (κ2) is 9.56. The van der Waals surface area contributed by atoms with Gasteiger partial charge in [-0.2, -0.15) is 0 Å². The van der Waals surface area contributed by atoms with Gasteiger partial charge in [-0.25, -0.2) is 13.4 Å². The molecule has 0 radical (unpaired) electrons. The van der Waals surface area contributed by atoms with Crippen molar-refractivity contribution in [2.75, 3.05) is 30.9 Å². The molecule has 1 atom stereocenters. The number of amides is 1. The number of carbonyl (C=O) groups is 1. The van der Waals surface area contributed by atoms with Crippen LogP contribution < -0.4 is 9.64 Å². The summed E-state index contributed by atoms with van der Waals surface area (Å²) in [5, 5.41) is 0.577. The number of sulfone groups is 1. The number of benzene rings is 2. The summed E-state index contributed by atoms with van der Waals surface area (Å²) in [6.45, 7) is 3.07. The zero-order valence-corrected chi connectivity index (χ0v) is 19.7. The summed E-state index contributed by atoms with van der Waals surface area (Å²) in [4.78, 5) is 19.6. The number of rotatable bonds is 8. The van der Waals surface area contributed by atoms with E-state index in [0.29, 0.717) is 24.0 Å². The molecule has 1 aliphatic rings. The third kappa shape index (κ3) is 5.11. The summed E-state index contributed by atoms with van der Waals surface area (Å²) in [7, 11) is -2.08.